The van der Waals surface area contributed by atoms with Crippen molar-refractivity contribution >= 4 is 17.9 Å². The maximum Gasteiger partial charge on any atom is 0.404 e. The van der Waals surface area contributed by atoms with Gasteiger partial charge < -0.3 is 19.9 Å². The van der Waals surface area contributed by atoms with Crippen molar-refractivity contribution in [3.8, 4) is 11.5 Å². The summed E-state index contributed by atoms with van der Waals surface area (Å²) in [5.74, 6) is 2.35. The quantitative estimate of drug-likeness (QED) is 0.490. The molecule has 23 heavy (non-hydrogen) atoms. The summed E-state index contributed by atoms with van der Waals surface area (Å²) < 4.78 is 27.7. The largest absolute Gasteiger partial charge is 0.496 e. The van der Waals surface area contributed by atoms with Crippen LogP contribution in [0.5, 0.6) is 11.5 Å². The number of benzene rings is 1. The van der Waals surface area contributed by atoms with E-state index < -0.39 is 6.09 Å². The number of carbonyl (C=O) groups is 1. The number of methoxy groups -OCH3 is 2. The van der Waals surface area contributed by atoms with E-state index in [1.165, 1.54) is 0 Å². The van der Waals surface area contributed by atoms with Crippen LogP contribution < -0.4 is 15.2 Å². The van der Waals surface area contributed by atoms with Gasteiger partial charge >= 0.3 is 6.09 Å². The van der Waals surface area contributed by atoms with E-state index in [0.29, 0.717) is 18.6 Å². The highest BCUT2D eigenvalue weighted by Crippen LogP contribution is 2.36. The van der Waals surface area contributed by atoms with Crippen molar-refractivity contribution in [3.05, 3.63) is 17.7 Å². The van der Waals surface area contributed by atoms with E-state index in [1.54, 1.807) is 26.0 Å². The second-order valence-electron chi connectivity index (χ2n) is 4.83. The maximum absolute atomic E-state index is 12.1. The number of alkyl halides is 1. The van der Waals surface area contributed by atoms with Crippen LogP contribution in [-0.4, -0.2) is 39.3 Å². The van der Waals surface area contributed by atoms with Gasteiger partial charge in [-0.25, -0.2) is 4.79 Å². The van der Waals surface area contributed by atoms with E-state index in [4.69, 9.17) is 19.9 Å². The predicted octanol–water partition coefficient (Wildman–Crippen LogP) is 3.57. The fraction of sp³-hybridized carbons (Fsp3) is 0.562. The average Bonchev–Trinajstić information content (AvgIpc) is 2.54. The Kier molecular flexibility index (Phi) is 9.28. The lowest BCUT2D eigenvalue weighted by Crippen LogP contribution is -2.15. The van der Waals surface area contributed by atoms with Gasteiger partial charge in [-0.05, 0) is 30.7 Å². The van der Waals surface area contributed by atoms with Crippen LogP contribution in [0.15, 0.2) is 17.0 Å². The number of unbranched alkanes of at least 4 members (excludes halogenated alkanes) is 2. The zero-order valence-electron chi connectivity index (χ0n) is 13.6. The summed E-state index contributed by atoms with van der Waals surface area (Å²) in [6.07, 6.45) is 2.14. The first kappa shape index (κ1) is 19.4. The summed E-state index contributed by atoms with van der Waals surface area (Å²) >= 11 is 1.66. The third-order valence-electron chi connectivity index (χ3n) is 3.22. The summed E-state index contributed by atoms with van der Waals surface area (Å²) in [5.41, 5.74) is 5.83. The Labute approximate surface area is 140 Å². The van der Waals surface area contributed by atoms with E-state index in [1.807, 2.05) is 12.1 Å². The van der Waals surface area contributed by atoms with Crippen molar-refractivity contribution in [2.45, 2.75) is 30.6 Å². The second-order valence-corrected chi connectivity index (χ2v) is 5.97. The first-order valence-corrected chi connectivity index (χ1v) is 8.46. The van der Waals surface area contributed by atoms with Crippen molar-refractivity contribution in [2.75, 3.05) is 33.3 Å². The molecule has 0 spiro atoms. The number of hydrogen-bond donors (Lipinski definition) is 1. The van der Waals surface area contributed by atoms with Gasteiger partial charge in [0.05, 0.1) is 32.4 Å². The van der Waals surface area contributed by atoms with Crippen LogP contribution >= 0.6 is 11.8 Å². The van der Waals surface area contributed by atoms with Crippen LogP contribution in [0.2, 0.25) is 0 Å². The molecule has 7 heteroatoms. The Morgan fingerprint density at radius 3 is 2.52 bits per heavy atom. The summed E-state index contributed by atoms with van der Waals surface area (Å²) in [7, 11) is 3.20. The fourth-order valence-electron chi connectivity index (χ4n) is 2.06. The first-order chi connectivity index (χ1) is 11.1. The molecule has 130 valence electrons. The lowest BCUT2D eigenvalue weighted by Gasteiger charge is -2.14. The Bertz CT molecular complexity index is 499. The van der Waals surface area contributed by atoms with Gasteiger partial charge in [-0.2, -0.15) is 0 Å². The molecule has 0 aliphatic rings. The Hall–Kier alpha value is -1.63. The number of rotatable bonds is 11. The van der Waals surface area contributed by atoms with Gasteiger partial charge in [0.2, 0.25) is 0 Å². The van der Waals surface area contributed by atoms with Crippen molar-refractivity contribution in [3.63, 3.8) is 0 Å². The van der Waals surface area contributed by atoms with Gasteiger partial charge in [0.25, 0.3) is 0 Å². The molecule has 0 saturated carbocycles. The molecule has 2 N–H and O–H groups in total. The van der Waals surface area contributed by atoms with Gasteiger partial charge in [0.15, 0.2) is 0 Å². The maximum atomic E-state index is 12.1. The van der Waals surface area contributed by atoms with Crippen LogP contribution in [0.25, 0.3) is 0 Å². The van der Waals surface area contributed by atoms with Gasteiger partial charge in [-0.15, -0.1) is 11.8 Å². The number of amides is 1. The third kappa shape index (κ3) is 6.99. The molecule has 0 radical (unpaired) electrons. The predicted molar refractivity (Wildman–Crippen MR) is 89.3 cm³/mol. The molecule has 0 saturated heterocycles. The molecule has 1 amide bonds. The normalized spacial score (nSPS) is 10.4. The van der Waals surface area contributed by atoms with Crippen molar-refractivity contribution in [1.29, 1.82) is 0 Å². The molecule has 0 aromatic heterocycles. The smallest absolute Gasteiger partial charge is 0.404 e. The van der Waals surface area contributed by atoms with Crippen molar-refractivity contribution in [1.82, 2.24) is 0 Å². The topological polar surface area (TPSA) is 70.8 Å². The van der Waals surface area contributed by atoms with Gasteiger partial charge in [0.1, 0.15) is 11.5 Å². The van der Waals surface area contributed by atoms with Gasteiger partial charge in [0, 0.05) is 12.0 Å². The van der Waals surface area contributed by atoms with E-state index in [-0.39, 0.29) is 13.3 Å². The molecule has 0 heterocycles. The minimum atomic E-state index is -0.795. The third-order valence-corrected chi connectivity index (χ3v) is 4.34. The summed E-state index contributed by atoms with van der Waals surface area (Å²) in [6, 6.07) is 3.80. The molecule has 0 atom stereocenters. The number of carbonyl (C=O) groups excluding carboxylic acids is 1. The van der Waals surface area contributed by atoms with Crippen LogP contribution in [0, 0.1) is 0 Å². The highest BCUT2D eigenvalue weighted by Gasteiger charge is 2.12. The van der Waals surface area contributed by atoms with Crippen LogP contribution in [0.4, 0.5) is 9.18 Å². The van der Waals surface area contributed by atoms with E-state index in [0.717, 1.165) is 34.8 Å². The molecule has 0 unspecified atom stereocenters. The molecule has 0 aliphatic carbocycles. The number of hydrogen-bond acceptors (Lipinski definition) is 5. The lowest BCUT2D eigenvalue weighted by atomic mass is 10.1. The molecule has 5 nitrogen and oxygen atoms in total. The van der Waals surface area contributed by atoms with Gasteiger partial charge in [-0.3, -0.25) is 4.39 Å². The first-order valence-electron chi connectivity index (χ1n) is 7.48. The van der Waals surface area contributed by atoms with E-state index in [9.17, 15) is 9.18 Å². The highest BCUT2D eigenvalue weighted by atomic mass is 32.2. The number of thioether (sulfide) groups is 1. The van der Waals surface area contributed by atoms with E-state index >= 15 is 0 Å². The van der Waals surface area contributed by atoms with Gasteiger partial charge in [-0.1, -0.05) is 6.42 Å². The van der Waals surface area contributed by atoms with Crippen LogP contribution in [0.1, 0.15) is 24.8 Å². The second kappa shape index (κ2) is 11.0. The molecule has 0 bridgehead atoms. The zero-order valence-corrected chi connectivity index (χ0v) is 14.4. The minimum Gasteiger partial charge on any atom is -0.496 e. The van der Waals surface area contributed by atoms with Crippen molar-refractivity contribution < 1.29 is 23.4 Å². The molecule has 1 aromatic carbocycles. The molecule has 0 aliphatic heterocycles. The molecular weight excluding hydrogens is 321 g/mol. The van der Waals surface area contributed by atoms with Crippen LogP contribution in [0.3, 0.4) is 0 Å². The molecule has 1 rings (SSSR count). The average molecular weight is 345 g/mol. The highest BCUT2D eigenvalue weighted by molar-refractivity contribution is 7.99. The van der Waals surface area contributed by atoms with E-state index in [2.05, 4.69) is 0 Å². The standard InChI is InChI=1S/C16H24FNO4S/c1-20-13-11-15(23-9-5-3-4-7-17)14(21-2)10-12(13)6-8-22-16(18)19/h10-11H,3-9H2,1-2H3,(H2,18,19). The molecule has 0 fully saturated rings. The number of halogens is 1. The zero-order chi connectivity index (χ0) is 17.1. The molecule has 1 aromatic rings. The lowest BCUT2D eigenvalue weighted by molar-refractivity contribution is 0.158. The summed E-state index contributed by atoms with van der Waals surface area (Å²) in [6.45, 7) is -0.0750. The number of ether oxygens (including phenoxy) is 3. The minimum absolute atomic E-state index is 0.185. The van der Waals surface area contributed by atoms with Crippen LogP contribution in [-0.2, 0) is 11.2 Å². The fourth-order valence-corrected chi connectivity index (χ4v) is 3.10. The Morgan fingerprint density at radius 1 is 1.17 bits per heavy atom. The monoisotopic (exact) mass is 345 g/mol. The number of primary amides is 1. The Balaban J connectivity index is 2.73. The summed E-state index contributed by atoms with van der Waals surface area (Å²) in [5, 5.41) is 0. The summed E-state index contributed by atoms with van der Waals surface area (Å²) in [4.78, 5) is 11.6. The SMILES string of the molecule is COc1cc(SCCCCCF)c(OC)cc1CCOC(N)=O. The van der Waals surface area contributed by atoms with Crippen molar-refractivity contribution in [2.24, 2.45) is 5.73 Å². The molecular formula is C16H24FNO4S. The number of nitrogens with two attached hydrogens (primary N) is 1. The Morgan fingerprint density at radius 2 is 1.91 bits per heavy atom.